The lowest BCUT2D eigenvalue weighted by Crippen LogP contribution is -2.04. The normalized spacial score (nSPS) is 13.1. The van der Waals surface area contributed by atoms with Crippen LogP contribution in [0.1, 0.15) is 44.5 Å². The minimum atomic E-state index is 0.290. The van der Waals surface area contributed by atoms with Gasteiger partial charge in [-0.05, 0) is 39.5 Å². The van der Waals surface area contributed by atoms with Gasteiger partial charge in [0.05, 0.1) is 16.4 Å². The predicted octanol–water partition coefficient (Wildman–Crippen LogP) is 4.20. The molecule has 0 bridgehead atoms. The van der Waals surface area contributed by atoms with Gasteiger partial charge < -0.3 is 0 Å². The van der Waals surface area contributed by atoms with Crippen LogP contribution in [0.2, 0.25) is 5.02 Å². The summed E-state index contributed by atoms with van der Waals surface area (Å²) in [5, 5.41) is 5.51. The monoisotopic (exact) mass is 262 g/mol. The number of hydrogen-bond donors (Lipinski definition) is 0. The Hall–Kier alpha value is -0.210. The van der Waals surface area contributed by atoms with E-state index in [-0.39, 0.29) is 5.38 Å². The van der Waals surface area contributed by atoms with Crippen molar-refractivity contribution in [2.45, 2.75) is 58.4 Å². The molecule has 4 heteroatoms. The van der Waals surface area contributed by atoms with E-state index < -0.39 is 0 Å². The van der Waals surface area contributed by atoms with Gasteiger partial charge in [-0.2, -0.15) is 5.10 Å². The van der Waals surface area contributed by atoms with Crippen molar-refractivity contribution in [3.63, 3.8) is 0 Å². The van der Waals surface area contributed by atoms with Gasteiger partial charge in [0.25, 0.3) is 0 Å². The number of aryl methyl sites for hydroxylation is 2. The van der Waals surface area contributed by atoms with Crippen LogP contribution in [0.4, 0.5) is 0 Å². The fourth-order valence-corrected chi connectivity index (χ4v) is 2.19. The molecule has 0 aromatic carbocycles. The molecule has 0 amide bonds. The minimum Gasteiger partial charge on any atom is -0.268 e. The molecule has 1 aromatic heterocycles. The summed E-state index contributed by atoms with van der Waals surface area (Å²) in [5.41, 5.74) is 2.08. The predicted molar refractivity (Wildman–Crippen MR) is 70.5 cm³/mol. The summed E-state index contributed by atoms with van der Waals surface area (Å²) < 4.78 is 1.99. The van der Waals surface area contributed by atoms with Crippen LogP contribution in [0, 0.1) is 6.92 Å². The third-order valence-corrected chi connectivity index (χ3v) is 3.85. The highest BCUT2D eigenvalue weighted by molar-refractivity contribution is 6.31. The van der Waals surface area contributed by atoms with E-state index in [0.717, 1.165) is 48.6 Å². The Labute approximate surface area is 108 Å². The number of nitrogens with zero attached hydrogens (tertiary/aromatic N) is 2. The molecule has 1 heterocycles. The molecule has 0 aliphatic carbocycles. The molecule has 16 heavy (non-hydrogen) atoms. The Morgan fingerprint density at radius 2 is 2.06 bits per heavy atom. The lowest BCUT2D eigenvalue weighted by Gasteiger charge is -2.07. The molecule has 0 radical (unpaired) electrons. The standard InChI is InChI=1S/C12H20Cl2N2/c1-4-10(13)7-6-8-11-12(14)9(3)15-16(11)5-2/h10H,4-8H2,1-3H3. The lowest BCUT2D eigenvalue weighted by atomic mass is 10.1. The van der Waals surface area contributed by atoms with Crippen LogP contribution < -0.4 is 0 Å². The van der Waals surface area contributed by atoms with Gasteiger partial charge in [-0.1, -0.05) is 18.5 Å². The second-order valence-corrected chi connectivity index (χ2v) is 5.05. The summed E-state index contributed by atoms with van der Waals surface area (Å²) in [6.45, 7) is 7.03. The van der Waals surface area contributed by atoms with E-state index in [4.69, 9.17) is 23.2 Å². The smallest absolute Gasteiger partial charge is 0.0847 e. The van der Waals surface area contributed by atoms with E-state index in [1.54, 1.807) is 0 Å². The van der Waals surface area contributed by atoms with Crippen molar-refractivity contribution >= 4 is 23.2 Å². The molecule has 92 valence electrons. The van der Waals surface area contributed by atoms with Crippen LogP contribution in [0.5, 0.6) is 0 Å². The topological polar surface area (TPSA) is 17.8 Å². The average Bonchev–Trinajstić information content (AvgIpc) is 2.56. The molecule has 1 rings (SSSR count). The van der Waals surface area contributed by atoms with Gasteiger partial charge in [0, 0.05) is 11.9 Å². The fraction of sp³-hybridized carbons (Fsp3) is 0.750. The third-order valence-electron chi connectivity index (χ3n) is 2.83. The Kier molecular flexibility index (Phi) is 5.63. The molecule has 0 N–H and O–H groups in total. The summed E-state index contributed by atoms with van der Waals surface area (Å²) in [6, 6.07) is 0. The second-order valence-electron chi connectivity index (χ2n) is 4.06. The van der Waals surface area contributed by atoms with Gasteiger partial charge in [-0.25, -0.2) is 0 Å². The van der Waals surface area contributed by atoms with Crippen LogP contribution in [-0.4, -0.2) is 15.2 Å². The molecular formula is C12H20Cl2N2. The Balaban J connectivity index is 2.59. The number of halogens is 2. The first kappa shape index (κ1) is 13.9. The molecule has 0 fully saturated rings. The molecule has 0 spiro atoms. The van der Waals surface area contributed by atoms with Crippen molar-refractivity contribution in [2.75, 3.05) is 0 Å². The van der Waals surface area contributed by atoms with E-state index in [1.807, 2.05) is 11.6 Å². The van der Waals surface area contributed by atoms with E-state index in [1.165, 1.54) is 0 Å². The zero-order valence-corrected chi connectivity index (χ0v) is 11.8. The molecule has 0 aliphatic heterocycles. The first-order valence-electron chi connectivity index (χ1n) is 5.95. The lowest BCUT2D eigenvalue weighted by molar-refractivity contribution is 0.590. The minimum absolute atomic E-state index is 0.290. The highest BCUT2D eigenvalue weighted by Gasteiger charge is 2.12. The maximum absolute atomic E-state index is 6.23. The quantitative estimate of drug-likeness (QED) is 0.703. The van der Waals surface area contributed by atoms with Crippen molar-refractivity contribution < 1.29 is 0 Å². The third kappa shape index (κ3) is 3.39. The van der Waals surface area contributed by atoms with E-state index in [9.17, 15) is 0 Å². The summed E-state index contributed by atoms with van der Waals surface area (Å²) in [5.74, 6) is 0. The van der Waals surface area contributed by atoms with Crippen molar-refractivity contribution in [1.82, 2.24) is 9.78 Å². The zero-order chi connectivity index (χ0) is 12.1. The van der Waals surface area contributed by atoms with Crippen LogP contribution in [0.25, 0.3) is 0 Å². The first-order chi connectivity index (χ1) is 7.60. The first-order valence-corrected chi connectivity index (χ1v) is 6.77. The molecule has 1 unspecified atom stereocenters. The summed E-state index contributed by atoms with van der Waals surface area (Å²) >= 11 is 12.3. The van der Waals surface area contributed by atoms with Crippen molar-refractivity contribution in [2.24, 2.45) is 0 Å². The van der Waals surface area contributed by atoms with Gasteiger partial charge >= 0.3 is 0 Å². The molecule has 1 aromatic rings. The van der Waals surface area contributed by atoms with E-state index in [0.29, 0.717) is 0 Å². The summed E-state index contributed by atoms with van der Waals surface area (Å²) in [6.07, 6.45) is 4.12. The Morgan fingerprint density at radius 3 is 2.62 bits per heavy atom. The fourth-order valence-electron chi connectivity index (χ4n) is 1.80. The highest BCUT2D eigenvalue weighted by Crippen LogP contribution is 2.23. The number of aromatic nitrogens is 2. The molecule has 0 aliphatic rings. The Morgan fingerprint density at radius 1 is 1.38 bits per heavy atom. The van der Waals surface area contributed by atoms with Crippen molar-refractivity contribution in [1.29, 1.82) is 0 Å². The van der Waals surface area contributed by atoms with Gasteiger partial charge in [0.1, 0.15) is 0 Å². The van der Waals surface area contributed by atoms with Gasteiger partial charge in [0.2, 0.25) is 0 Å². The average molecular weight is 263 g/mol. The number of rotatable bonds is 6. The van der Waals surface area contributed by atoms with Gasteiger partial charge in [0.15, 0.2) is 0 Å². The van der Waals surface area contributed by atoms with E-state index in [2.05, 4.69) is 18.9 Å². The molecule has 2 nitrogen and oxygen atoms in total. The maximum Gasteiger partial charge on any atom is 0.0847 e. The summed E-state index contributed by atoms with van der Waals surface area (Å²) in [4.78, 5) is 0. The van der Waals surface area contributed by atoms with Crippen LogP contribution >= 0.6 is 23.2 Å². The summed E-state index contributed by atoms with van der Waals surface area (Å²) in [7, 11) is 0. The van der Waals surface area contributed by atoms with Crippen LogP contribution in [0.15, 0.2) is 0 Å². The molecule has 0 saturated heterocycles. The van der Waals surface area contributed by atoms with Gasteiger partial charge in [-0.3, -0.25) is 4.68 Å². The van der Waals surface area contributed by atoms with Crippen molar-refractivity contribution in [3.8, 4) is 0 Å². The maximum atomic E-state index is 6.23. The largest absolute Gasteiger partial charge is 0.268 e. The van der Waals surface area contributed by atoms with Crippen LogP contribution in [-0.2, 0) is 13.0 Å². The molecular weight excluding hydrogens is 243 g/mol. The molecule has 1 atom stereocenters. The van der Waals surface area contributed by atoms with Crippen molar-refractivity contribution in [3.05, 3.63) is 16.4 Å². The number of hydrogen-bond acceptors (Lipinski definition) is 1. The van der Waals surface area contributed by atoms with Crippen LogP contribution in [0.3, 0.4) is 0 Å². The zero-order valence-electron chi connectivity index (χ0n) is 10.3. The second kappa shape index (κ2) is 6.51. The number of alkyl halides is 1. The van der Waals surface area contributed by atoms with Gasteiger partial charge in [-0.15, -0.1) is 11.6 Å². The Bertz CT molecular complexity index is 334. The SMILES string of the molecule is CCC(Cl)CCCc1c(Cl)c(C)nn1CC. The highest BCUT2D eigenvalue weighted by atomic mass is 35.5. The molecule has 0 saturated carbocycles. The van der Waals surface area contributed by atoms with E-state index >= 15 is 0 Å².